The predicted octanol–water partition coefficient (Wildman–Crippen LogP) is 5.02. The van der Waals surface area contributed by atoms with Gasteiger partial charge in [-0.1, -0.05) is 33.6 Å². The second kappa shape index (κ2) is 6.19. The molecule has 0 unspecified atom stereocenters. The van der Waals surface area contributed by atoms with Gasteiger partial charge >= 0.3 is 6.03 Å². The molecule has 3 nitrogen and oxygen atoms in total. The zero-order valence-electron chi connectivity index (χ0n) is 9.88. The van der Waals surface area contributed by atoms with Crippen LogP contribution in [0.3, 0.4) is 0 Å². The fourth-order valence-corrected chi connectivity index (χ4v) is 2.10. The summed E-state index contributed by atoms with van der Waals surface area (Å²) >= 11 is 8.71. The molecular weight excluding hydrogens is 354 g/mol. The zero-order valence-corrected chi connectivity index (χ0v) is 12.2. The Morgan fingerprint density at radius 1 is 1.10 bits per heavy atom. The van der Waals surface area contributed by atoms with E-state index in [9.17, 15) is 13.6 Å². The minimum atomic E-state index is -0.877. The first-order valence-corrected chi connectivity index (χ1v) is 6.61. The average Bonchev–Trinajstić information content (AvgIpc) is 2.33. The van der Waals surface area contributed by atoms with Crippen molar-refractivity contribution in [3.8, 4) is 0 Å². The molecule has 0 atom stereocenters. The Labute approximate surface area is 127 Å². The lowest BCUT2D eigenvalue weighted by Gasteiger charge is -2.10. The molecule has 0 aromatic heterocycles. The number of benzene rings is 2. The molecule has 2 aromatic rings. The van der Waals surface area contributed by atoms with Gasteiger partial charge in [-0.25, -0.2) is 13.6 Å². The van der Waals surface area contributed by atoms with Gasteiger partial charge in [-0.2, -0.15) is 0 Å². The monoisotopic (exact) mass is 360 g/mol. The summed E-state index contributed by atoms with van der Waals surface area (Å²) in [4.78, 5) is 11.7. The average molecular weight is 362 g/mol. The molecule has 0 saturated carbocycles. The van der Waals surface area contributed by atoms with Crippen LogP contribution in [0.4, 0.5) is 25.0 Å². The number of halogens is 4. The van der Waals surface area contributed by atoms with Gasteiger partial charge in [0.25, 0.3) is 0 Å². The highest BCUT2D eigenvalue weighted by molar-refractivity contribution is 9.10. The molecule has 0 aliphatic carbocycles. The van der Waals surface area contributed by atoms with Gasteiger partial charge < -0.3 is 10.6 Å². The van der Waals surface area contributed by atoms with Crippen LogP contribution in [0.2, 0.25) is 5.02 Å². The molecule has 2 amide bonds. The lowest BCUT2D eigenvalue weighted by molar-refractivity contribution is 0.262. The minimum Gasteiger partial charge on any atom is -0.308 e. The van der Waals surface area contributed by atoms with E-state index >= 15 is 0 Å². The maximum Gasteiger partial charge on any atom is 0.323 e. The van der Waals surface area contributed by atoms with Crippen molar-refractivity contribution in [2.24, 2.45) is 0 Å². The van der Waals surface area contributed by atoms with E-state index < -0.39 is 23.4 Å². The van der Waals surface area contributed by atoms with E-state index in [2.05, 4.69) is 26.6 Å². The van der Waals surface area contributed by atoms with Crippen molar-refractivity contribution >= 4 is 44.9 Å². The first-order chi connectivity index (χ1) is 9.45. The topological polar surface area (TPSA) is 41.1 Å². The number of urea groups is 1. The Kier molecular flexibility index (Phi) is 4.57. The molecule has 104 valence electrons. The predicted molar refractivity (Wildman–Crippen MR) is 78.2 cm³/mol. The van der Waals surface area contributed by atoms with Gasteiger partial charge in [-0.3, -0.25) is 0 Å². The van der Waals surface area contributed by atoms with Crippen molar-refractivity contribution < 1.29 is 13.6 Å². The standard InChI is InChI=1S/C13H8BrClF2N2O/c14-7-4-10(16)12(11(17)5-7)19-13(20)18-9-3-1-2-8(15)6-9/h1-6H,(H2,18,19,20). The van der Waals surface area contributed by atoms with Gasteiger partial charge in [0.2, 0.25) is 0 Å². The fraction of sp³-hybridized carbons (Fsp3) is 0. The van der Waals surface area contributed by atoms with Crippen LogP contribution >= 0.6 is 27.5 Å². The molecule has 2 aromatic carbocycles. The Bertz CT molecular complexity index is 644. The first kappa shape index (κ1) is 14.7. The Balaban J connectivity index is 2.13. The number of carbonyl (C=O) groups is 1. The van der Waals surface area contributed by atoms with Crippen LogP contribution in [0.25, 0.3) is 0 Å². The van der Waals surface area contributed by atoms with Gasteiger partial charge in [0.1, 0.15) is 5.69 Å². The molecule has 0 aliphatic heterocycles. The summed E-state index contributed by atoms with van der Waals surface area (Å²) in [5, 5.41) is 4.96. The van der Waals surface area contributed by atoms with Crippen molar-refractivity contribution in [1.82, 2.24) is 0 Å². The SMILES string of the molecule is O=C(Nc1cccc(Cl)c1)Nc1c(F)cc(Br)cc1F. The van der Waals surface area contributed by atoms with Gasteiger partial charge in [0.15, 0.2) is 11.6 Å². The van der Waals surface area contributed by atoms with Crippen molar-refractivity contribution in [3.63, 3.8) is 0 Å². The van der Waals surface area contributed by atoms with Crippen molar-refractivity contribution in [2.45, 2.75) is 0 Å². The maximum absolute atomic E-state index is 13.5. The quantitative estimate of drug-likeness (QED) is 0.774. The van der Waals surface area contributed by atoms with Crippen LogP contribution in [-0.2, 0) is 0 Å². The van der Waals surface area contributed by atoms with Crippen molar-refractivity contribution in [2.75, 3.05) is 10.6 Å². The number of nitrogens with one attached hydrogen (secondary N) is 2. The van der Waals surface area contributed by atoms with Crippen LogP contribution in [0.1, 0.15) is 0 Å². The molecular formula is C13H8BrClF2N2O. The van der Waals surface area contributed by atoms with Crippen molar-refractivity contribution in [3.05, 3.63) is 57.5 Å². The second-order valence-electron chi connectivity index (χ2n) is 3.83. The molecule has 0 radical (unpaired) electrons. The number of amides is 2. The molecule has 2 rings (SSSR count). The van der Waals surface area contributed by atoms with Gasteiger partial charge in [-0.15, -0.1) is 0 Å². The normalized spacial score (nSPS) is 10.2. The van der Waals surface area contributed by atoms with E-state index in [1.807, 2.05) is 0 Å². The molecule has 0 fully saturated rings. The van der Waals surface area contributed by atoms with E-state index in [4.69, 9.17) is 11.6 Å². The van der Waals surface area contributed by atoms with Crippen LogP contribution in [0.5, 0.6) is 0 Å². The van der Waals surface area contributed by atoms with Crippen LogP contribution in [-0.4, -0.2) is 6.03 Å². The van der Waals surface area contributed by atoms with E-state index in [1.54, 1.807) is 18.2 Å². The highest BCUT2D eigenvalue weighted by Gasteiger charge is 2.13. The van der Waals surface area contributed by atoms with E-state index in [1.165, 1.54) is 6.07 Å². The number of hydrogen-bond acceptors (Lipinski definition) is 1. The number of carbonyl (C=O) groups excluding carboxylic acids is 1. The van der Waals surface area contributed by atoms with Crippen molar-refractivity contribution in [1.29, 1.82) is 0 Å². The Hall–Kier alpha value is -1.66. The molecule has 0 heterocycles. The van der Waals surface area contributed by atoms with Gasteiger partial charge in [0.05, 0.1) is 0 Å². The number of anilines is 2. The third kappa shape index (κ3) is 3.68. The third-order valence-electron chi connectivity index (χ3n) is 2.33. The molecule has 7 heteroatoms. The smallest absolute Gasteiger partial charge is 0.308 e. The minimum absolute atomic E-state index is 0.244. The van der Waals surface area contributed by atoms with E-state index in [-0.39, 0.29) is 4.47 Å². The molecule has 2 N–H and O–H groups in total. The summed E-state index contributed by atoms with van der Waals surface area (Å²) in [6.07, 6.45) is 0. The first-order valence-electron chi connectivity index (χ1n) is 5.44. The van der Waals surface area contributed by atoms with Crippen LogP contribution in [0.15, 0.2) is 40.9 Å². The molecule has 0 bridgehead atoms. The summed E-state index contributed by atoms with van der Waals surface area (Å²) in [5.41, 5.74) is -0.111. The summed E-state index contributed by atoms with van der Waals surface area (Å²) in [7, 11) is 0. The number of hydrogen-bond donors (Lipinski definition) is 2. The van der Waals surface area contributed by atoms with Crippen LogP contribution in [0, 0.1) is 11.6 Å². The fourth-order valence-electron chi connectivity index (χ4n) is 1.50. The number of rotatable bonds is 2. The lowest BCUT2D eigenvalue weighted by Crippen LogP contribution is -2.21. The van der Waals surface area contributed by atoms with Gasteiger partial charge in [0, 0.05) is 15.2 Å². The summed E-state index contributed by atoms with van der Waals surface area (Å²) < 4.78 is 27.3. The summed E-state index contributed by atoms with van der Waals surface area (Å²) in [6.45, 7) is 0. The highest BCUT2D eigenvalue weighted by Crippen LogP contribution is 2.24. The largest absolute Gasteiger partial charge is 0.323 e. The summed E-state index contributed by atoms with van der Waals surface area (Å²) in [5.74, 6) is -1.75. The maximum atomic E-state index is 13.5. The van der Waals surface area contributed by atoms with E-state index in [0.29, 0.717) is 10.7 Å². The zero-order chi connectivity index (χ0) is 14.7. The second-order valence-corrected chi connectivity index (χ2v) is 5.19. The third-order valence-corrected chi connectivity index (χ3v) is 3.02. The van der Waals surface area contributed by atoms with Gasteiger partial charge in [-0.05, 0) is 30.3 Å². The molecule has 0 saturated heterocycles. The Morgan fingerprint density at radius 3 is 2.35 bits per heavy atom. The lowest BCUT2D eigenvalue weighted by atomic mass is 10.3. The van der Waals surface area contributed by atoms with Crippen LogP contribution < -0.4 is 10.6 Å². The molecule has 20 heavy (non-hydrogen) atoms. The highest BCUT2D eigenvalue weighted by atomic mass is 79.9. The Morgan fingerprint density at radius 2 is 1.75 bits per heavy atom. The molecule has 0 aliphatic rings. The summed E-state index contributed by atoms with van der Waals surface area (Å²) in [6, 6.07) is 7.72. The molecule has 0 spiro atoms. The van der Waals surface area contributed by atoms with E-state index in [0.717, 1.165) is 12.1 Å².